The van der Waals surface area contributed by atoms with Crippen molar-refractivity contribution in [3.8, 4) is 0 Å². The Hall–Kier alpha value is -3.75. The molecular formula is C24H25FN6O2. The molecule has 1 fully saturated rings. The van der Waals surface area contributed by atoms with Gasteiger partial charge in [0, 0.05) is 24.6 Å². The number of carbonyl (C=O) groups excluding carboxylic acids is 2. The highest BCUT2D eigenvalue weighted by atomic mass is 19.1. The highest BCUT2D eigenvalue weighted by molar-refractivity contribution is 6.04. The Morgan fingerprint density at radius 3 is 2.36 bits per heavy atom. The zero-order chi connectivity index (χ0) is 23.5. The Bertz CT molecular complexity index is 1200. The first-order chi connectivity index (χ1) is 15.8. The fraction of sp³-hybridized carbons (Fsp3) is 0.333. The van der Waals surface area contributed by atoms with Crippen LogP contribution < -0.4 is 5.32 Å². The van der Waals surface area contributed by atoms with E-state index in [1.165, 1.54) is 30.5 Å². The molecule has 1 aliphatic rings. The Morgan fingerprint density at radius 1 is 0.970 bits per heavy atom. The van der Waals surface area contributed by atoms with Gasteiger partial charge in [0.2, 0.25) is 0 Å². The number of nitrogens with one attached hydrogen (secondary N) is 1. The van der Waals surface area contributed by atoms with Crippen LogP contribution in [0.25, 0.3) is 0 Å². The van der Waals surface area contributed by atoms with E-state index in [0.29, 0.717) is 46.4 Å². The maximum absolute atomic E-state index is 13.3. The van der Waals surface area contributed by atoms with Crippen LogP contribution in [-0.2, 0) is 0 Å². The van der Waals surface area contributed by atoms with Crippen LogP contribution in [-0.4, -0.2) is 43.2 Å². The quantitative estimate of drug-likeness (QED) is 0.649. The zero-order valence-corrected chi connectivity index (χ0v) is 18.8. The minimum absolute atomic E-state index is 0.142. The summed E-state index contributed by atoms with van der Waals surface area (Å²) < 4.78 is 13.1. The summed E-state index contributed by atoms with van der Waals surface area (Å²) in [4.78, 5) is 45.3. The summed E-state index contributed by atoms with van der Waals surface area (Å²) >= 11 is 0. The van der Waals surface area contributed by atoms with Crippen molar-refractivity contribution in [3.05, 3.63) is 76.6 Å². The summed E-state index contributed by atoms with van der Waals surface area (Å²) in [6.45, 7) is 5.91. The van der Waals surface area contributed by atoms with Crippen LogP contribution in [0.5, 0.6) is 0 Å². The van der Waals surface area contributed by atoms with Gasteiger partial charge in [0.05, 0.1) is 28.6 Å². The summed E-state index contributed by atoms with van der Waals surface area (Å²) in [5, 5.41) is 2.72. The van der Waals surface area contributed by atoms with Gasteiger partial charge in [-0.3, -0.25) is 9.59 Å². The van der Waals surface area contributed by atoms with Gasteiger partial charge in [0.1, 0.15) is 11.6 Å². The smallest absolute Gasteiger partial charge is 0.259 e. The average molecular weight is 449 g/mol. The number of aromatic nitrogens is 4. The molecule has 0 spiro atoms. The molecule has 2 amide bonds. The van der Waals surface area contributed by atoms with Crippen LogP contribution in [0.4, 0.5) is 10.1 Å². The van der Waals surface area contributed by atoms with Crippen LogP contribution in [0.3, 0.4) is 0 Å². The molecule has 1 aliphatic heterocycles. The number of amides is 2. The van der Waals surface area contributed by atoms with Crippen molar-refractivity contribution < 1.29 is 14.0 Å². The molecule has 0 saturated carbocycles. The third-order valence-corrected chi connectivity index (χ3v) is 5.74. The van der Waals surface area contributed by atoms with Gasteiger partial charge in [0.15, 0.2) is 5.82 Å². The highest BCUT2D eigenvalue weighted by Gasteiger charge is 2.32. The molecule has 1 unspecified atom stereocenters. The third kappa shape index (κ3) is 4.87. The van der Waals surface area contributed by atoms with Gasteiger partial charge in [-0.2, -0.15) is 0 Å². The Kier molecular flexibility index (Phi) is 6.39. The summed E-state index contributed by atoms with van der Waals surface area (Å²) in [5.41, 5.74) is 2.41. The van der Waals surface area contributed by atoms with Gasteiger partial charge in [0.25, 0.3) is 11.8 Å². The monoisotopic (exact) mass is 448 g/mol. The fourth-order valence-electron chi connectivity index (χ4n) is 3.99. The summed E-state index contributed by atoms with van der Waals surface area (Å²) in [7, 11) is 0. The summed E-state index contributed by atoms with van der Waals surface area (Å²) in [6.07, 6.45) is 5.63. The van der Waals surface area contributed by atoms with Gasteiger partial charge < -0.3 is 10.2 Å². The molecular weight excluding hydrogens is 423 g/mol. The maximum Gasteiger partial charge on any atom is 0.259 e. The van der Waals surface area contributed by atoms with Crippen molar-refractivity contribution in [1.29, 1.82) is 0 Å². The summed E-state index contributed by atoms with van der Waals surface area (Å²) in [5.74, 6) is 0.222. The number of piperidine rings is 1. The topological polar surface area (TPSA) is 101 Å². The molecule has 33 heavy (non-hydrogen) atoms. The molecule has 1 atom stereocenters. The SMILES string of the molecule is Cc1ncc(C(=O)N2CCCCC2c2ncc(C(=O)Nc3ccc(F)cc3)c(C)n2)c(C)n1. The van der Waals surface area contributed by atoms with E-state index in [9.17, 15) is 14.0 Å². The first-order valence-corrected chi connectivity index (χ1v) is 10.8. The largest absolute Gasteiger partial charge is 0.328 e. The van der Waals surface area contributed by atoms with Crippen LogP contribution in [0.1, 0.15) is 69.1 Å². The van der Waals surface area contributed by atoms with E-state index in [2.05, 4.69) is 25.3 Å². The molecule has 3 heterocycles. The van der Waals surface area contributed by atoms with Crippen molar-refractivity contribution in [2.75, 3.05) is 11.9 Å². The van der Waals surface area contributed by atoms with Crippen molar-refractivity contribution in [2.45, 2.75) is 46.1 Å². The number of aryl methyl sites for hydroxylation is 3. The van der Waals surface area contributed by atoms with Crippen molar-refractivity contribution in [3.63, 3.8) is 0 Å². The highest BCUT2D eigenvalue weighted by Crippen LogP contribution is 2.31. The molecule has 4 rings (SSSR count). The second-order valence-corrected chi connectivity index (χ2v) is 8.11. The number of hydrogen-bond donors (Lipinski definition) is 1. The predicted octanol–water partition coefficient (Wildman–Crippen LogP) is 3.95. The number of benzene rings is 1. The zero-order valence-electron chi connectivity index (χ0n) is 18.8. The molecule has 0 radical (unpaired) electrons. The molecule has 0 aliphatic carbocycles. The van der Waals surface area contributed by atoms with E-state index in [0.717, 1.165) is 19.3 Å². The van der Waals surface area contributed by atoms with Crippen molar-refractivity contribution in [1.82, 2.24) is 24.8 Å². The number of nitrogens with zero attached hydrogens (tertiary/aromatic N) is 5. The molecule has 9 heteroatoms. The second kappa shape index (κ2) is 9.40. The van der Waals surface area contributed by atoms with E-state index < -0.39 is 0 Å². The number of likely N-dealkylation sites (tertiary alicyclic amines) is 1. The standard InChI is InChI=1S/C24H25FN6O2/c1-14-19(23(32)30-18-9-7-17(25)8-10-18)12-27-22(29-14)21-6-4-5-11-31(21)24(33)20-13-26-16(3)28-15(20)2/h7-10,12-13,21H,4-6,11H2,1-3H3,(H,30,32). The number of hydrogen-bond acceptors (Lipinski definition) is 6. The molecule has 2 aromatic heterocycles. The lowest BCUT2D eigenvalue weighted by atomic mass is 9.99. The number of carbonyl (C=O) groups is 2. The van der Waals surface area contributed by atoms with Gasteiger partial charge in [-0.05, 0) is 64.3 Å². The number of halogens is 1. The first-order valence-electron chi connectivity index (χ1n) is 10.8. The molecule has 1 aromatic carbocycles. The van der Waals surface area contributed by atoms with Gasteiger partial charge in [-0.1, -0.05) is 0 Å². The Labute approximate surface area is 191 Å². The second-order valence-electron chi connectivity index (χ2n) is 8.11. The normalized spacial score (nSPS) is 15.9. The van der Waals surface area contributed by atoms with Crippen molar-refractivity contribution in [2.24, 2.45) is 0 Å². The van der Waals surface area contributed by atoms with E-state index in [4.69, 9.17) is 0 Å². The number of rotatable bonds is 4. The minimum Gasteiger partial charge on any atom is -0.328 e. The van der Waals surface area contributed by atoms with Crippen LogP contribution >= 0.6 is 0 Å². The van der Waals surface area contributed by atoms with Gasteiger partial charge in [-0.25, -0.2) is 24.3 Å². The predicted molar refractivity (Wildman–Crippen MR) is 120 cm³/mol. The first kappa shape index (κ1) is 22.4. The van der Waals surface area contributed by atoms with E-state index >= 15 is 0 Å². The molecule has 170 valence electrons. The molecule has 3 aromatic rings. The van der Waals surface area contributed by atoms with E-state index in [1.54, 1.807) is 31.9 Å². The average Bonchev–Trinajstić information content (AvgIpc) is 2.80. The molecule has 1 saturated heterocycles. The Balaban J connectivity index is 1.56. The lowest BCUT2D eigenvalue weighted by Crippen LogP contribution is -2.40. The molecule has 8 nitrogen and oxygen atoms in total. The summed E-state index contributed by atoms with van der Waals surface area (Å²) in [6, 6.07) is 5.23. The maximum atomic E-state index is 13.3. The van der Waals surface area contributed by atoms with E-state index in [1.807, 2.05) is 0 Å². The lowest BCUT2D eigenvalue weighted by Gasteiger charge is -2.35. The fourth-order valence-corrected chi connectivity index (χ4v) is 3.99. The van der Waals surface area contributed by atoms with Gasteiger partial charge >= 0.3 is 0 Å². The molecule has 0 bridgehead atoms. The van der Waals surface area contributed by atoms with Crippen LogP contribution in [0.2, 0.25) is 0 Å². The Morgan fingerprint density at radius 2 is 1.67 bits per heavy atom. The number of anilines is 1. The van der Waals surface area contributed by atoms with Gasteiger partial charge in [-0.15, -0.1) is 0 Å². The third-order valence-electron chi connectivity index (χ3n) is 5.74. The van der Waals surface area contributed by atoms with E-state index in [-0.39, 0.29) is 23.7 Å². The minimum atomic E-state index is -0.380. The molecule has 1 N–H and O–H groups in total. The lowest BCUT2D eigenvalue weighted by molar-refractivity contribution is 0.0597. The van der Waals surface area contributed by atoms with Crippen LogP contribution in [0, 0.1) is 26.6 Å². The van der Waals surface area contributed by atoms with Crippen LogP contribution in [0.15, 0.2) is 36.7 Å². The van der Waals surface area contributed by atoms with Crippen molar-refractivity contribution >= 4 is 17.5 Å².